The minimum atomic E-state index is -0.559. The van der Waals surface area contributed by atoms with Gasteiger partial charge in [-0.05, 0) is 51.5 Å². The molecule has 248 valence electrons. The Hall–Kier alpha value is -2.86. The number of amides is 5. The lowest BCUT2D eigenvalue weighted by molar-refractivity contribution is -0.137. The van der Waals surface area contributed by atoms with Crippen LogP contribution in [0.3, 0.4) is 0 Å². The van der Waals surface area contributed by atoms with E-state index >= 15 is 4.39 Å². The molecule has 0 radical (unpaired) electrons. The summed E-state index contributed by atoms with van der Waals surface area (Å²) in [5.41, 5.74) is 1.40. The second kappa shape index (κ2) is 13.1. The van der Waals surface area contributed by atoms with Crippen LogP contribution in [0.4, 0.5) is 14.9 Å². The minimum Gasteiger partial charge on any atom is -0.366 e. The van der Waals surface area contributed by atoms with Gasteiger partial charge in [-0.3, -0.25) is 24.6 Å². The molecule has 4 aliphatic rings. The number of benzene rings is 1. The number of imide groups is 1. The summed E-state index contributed by atoms with van der Waals surface area (Å²) in [5.74, 6) is -0.737. The van der Waals surface area contributed by atoms with Gasteiger partial charge in [-0.15, -0.1) is 11.8 Å². The number of piperazine rings is 1. The highest BCUT2D eigenvalue weighted by atomic mass is 32.2. The van der Waals surface area contributed by atoms with Crippen LogP contribution in [0.1, 0.15) is 78.2 Å². The van der Waals surface area contributed by atoms with Crippen molar-refractivity contribution in [1.29, 1.82) is 0 Å². The first-order valence-corrected chi connectivity index (χ1v) is 17.2. The Morgan fingerprint density at radius 1 is 0.978 bits per heavy atom. The van der Waals surface area contributed by atoms with E-state index in [2.05, 4.69) is 56.7 Å². The summed E-state index contributed by atoms with van der Waals surface area (Å²) in [5, 5.41) is 1.38. The molecule has 5 amide bonds. The maximum absolute atomic E-state index is 15.7. The molecule has 0 saturated carbocycles. The van der Waals surface area contributed by atoms with Crippen LogP contribution in [-0.4, -0.2) is 113 Å². The van der Waals surface area contributed by atoms with E-state index in [9.17, 15) is 19.2 Å². The molecule has 12 heteroatoms. The SMILES string of the molecule is CC(C)(C)CCN1C(=O)[C@H](CC(=O)N2CCC(N3CC(=O)NC3=O)CC2)SC1c1cccc(F)c1N1CCN(C(C)(C)C)CC1. The predicted octanol–water partition coefficient (Wildman–Crippen LogP) is 4.06. The highest BCUT2D eigenvalue weighted by Gasteiger charge is 2.45. The van der Waals surface area contributed by atoms with Gasteiger partial charge >= 0.3 is 6.03 Å². The number of anilines is 1. The fourth-order valence-electron chi connectivity index (χ4n) is 6.78. The Morgan fingerprint density at radius 2 is 1.64 bits per heavy atom. The molecule has 1 aromatic rings. The van der Waals surface area contributed by atoms with Crippen LogP contribution in [0.2, 0.25) is 0 Å². The molecule has 45 heavy (non-hydrogen) atoms. The van der Waals surface area contributed by atoms with Crippen LogP contribution in [0, 0.1) is 11.2 Å². The van der Waals surface area contributed by atoms with Crippen molar-refractivity contribution in [3.05, 3.63) is 29.6 Å². The topological polar surface area (TPSA) is 96.5 Å². The minimum absolute atomic E-state index is 0.00134. The molecule has 0 bridgehead atoms. The number of thioether (sulfide) groups is 1. The molecular weight excluding hydrogens is 595 g/mol. The van der Waals surface area contributed by atoms with Gasteiger partial charge in [0, 0.05) is 69.4 Å². The lowest BCUT2D eigenvalue weighted by Crippen LogP contribution is -2.53. The molecule has 2 atom stereocenters. The molecule has 4 saturated heterocycles. The number of nitrogens with zero attached hydrogens (tertiary/aromatic N) is 5. The average molecular weight is 645 g/mol. The van der Waals surface area contributed by atoms with Crippen LogP contribution >= 0.6 is 11.8 Å². The monoisotopic (exact) mass is 644 g/mol. The maximum atomic E-state index is 15.7. The van der Waals surface area contributed by atoms with Crippen molar-refractivity contribution < 1.29 is 23.6 Å². The molecule has 4 aliphatic heterocycles. The van der Waals surface area contributed by atoms with Crippen molar-refractivity contribution in [1.82, 2.24) is 24.9 Å². The Morgan fingerprint density at radius 3 is 2.22 bits per heavy atom. The second-order valence-corrected chi connectivity index (χ2v) is 16.2. The number of nitrogens with one attached hydrogen (secondary N) is 1. The van der Waals surface area contributed by atoms with Gasteiger partial charge in [0.1, 0.15) is 17.7 Å². The fourth-order valence-corrected chi connectivity index (χ4v) is 8.28. The first kappa shape index (κ1) is 33.5. The lowest BCUT2D eigenvalue weighted by Gasteiger charge is -2.43. The van der Waals surface area contributed by atoms with Crippen molar-refractivity contribution in [2.45, 2.75) is 89.4 Å². The molecule has 1 aromatic carbocycles. The number of piperidine rings is 1. The zero-order chi connectivity index (χ0) is 32.7. The molecule has 0 aromatic heterocycles. The number of rotatable bonds is 7. The third-order valence-electron chi connectivity index (χ3n) is 9.51. The summed E-state index contributed by atoms with van der Waals surface area (Å²) < 4.78 is 15.7. The standard InChI is InChI=1S/C33H49FN6O4S/c1-32(2,3)12-15-39-29(43)25(20-27(42)36-13-10-22(11-14-36)40-21-26(41)35-31(40)44)45-30(39)23-8-7-9-24(34)28(23)37-16-18-38(19-17-37)33(4,5)6/h7-9,22,25,30H,10-21H2,1-6H3,(H,35,41,44)/t25-,30?/m0/s1. The Labute approximate surface area is 271 Å². The van der Waals surface area contributed by atoms with E-state index in [-0.39, 0.29) is 64.9 Å². The Kier molecular flexibility index (Phi) is 9.75. The van der Waals surface area contributed by atoms with Gasteiger partial charge < -0.3 is 19.6 Å². The van der Waals surface area contributed by atoms with Crippen molar-refractivity contribution in [2.24, 2.45) is 5.41 Å². The fraction of sp³-hybridized carbons (Fsp3) is 0.697. The summed E-state index contributed by atoms with van der Waals surface area (Å²) >= 11 is 1.46. The molecule has 10 nitrogen and oxygen atoms in total. The summed E-state index contributed by atoms with van der Waals surface area (Å²) in [6.07, 6.45) is 2.04. The quantitative estimate of drug-likeness (QED) is 0.448. The highest BCUT2D eigenvalue weighted by molar-refractivity contribution is 8.01. The van der Waals surface area contributed by atoms with Crippen LogP contribution in [0.15, 0.2) is 18.2 Å². The van der Waals surface area contributed by atoms with Gasteiger partial charge in [0.2, 0.25) is 17.7 Å². The number of carbonyl (C=O) groups is 4. The zero-order valence-corrected chi connectivity index (χ0v) is 28.4. The summed E-state index contributed by atoms with van der Waals surface area (Å²) in [6, 6.07) is 4.72. The van der Waals surface area contributed by atoms with E-state index in [4.69, 9.17) is 0 Å². The molecular formula is C33H49FN6O4S. The van der Waals surface area contributed by atoms with Crippen molar-refractivity contribution in [3.63, 3.8) is 0 Å². The van der Waals surface area contributed by atoms with Crippen molar-refractivity contribution >= 4 is 41.2 Å². The van der Waals surface area contributed by atoms with Gasteiger partial charge in [-0.2, -0.15) is 0 Å². The molecule has 0 spiro atoms. The van der Waals surface area contributed by atoms with Gasteiger partial charge in [0.05, 0.1) is 10.9 Å². The first-order chi connectivity index (χ1) is 21.1. The number of likely N-dealkylation sites (tertiary alicyclic amines) is 1. The Bertz CT molecular complexity index is 1300. The van der Waals surface area contributed by atoms with Crippen molar-refractivity contribution in [3.8, 4) is 0 Å². The summed E-state index contributed by atoms with van der Waals surface area (Å²) in [4.78, 5) is 61.0. The van der Waals surface area contributed by atoms with Gasteiger partial charge in [-0.25, -0.2) is 9.18 Å². The number of hydrogen-bond donors (Lipinski definition) is 1. The van der Waals surface area contributed by atoms with E-state index in [1.54, 1.807) is 15.9 Å². The Balaban J connectivity index is 1.31. The summed E-state index contributed by atoms with van der Waals surface area (Å²) in [7, 11) is 0. The summed E-state index contributed by atoms with van der Waals surface area (Å²) in [6.45, 7) is 17.6. The predicted molar refractivity (Wildman–Crippen MR) is 174 cm³/mol. The molecule has 1 N–H and O–H groups in total. The van der Waals surface area contributed by atoms with Crippen LogP contribution < -0.4 is 10.2 Å². The third kappa shape index (κ3) is 7.59. The second-order valence-electron chi connectivity index (χ2n) is 14.9. The van der Waals surface area contributed by atoms with Crippen LogP contribution in [0.25, 0.3) is 0 Å². The number of halogens is 1. The van der Waals surface area contributed by atoms with Crippen LogP contribution in [0.5, 0.6) is 0 Å². The zero-order valence-electron chi connectivity index (χ0n) is 27.6. The number of para-hydroxylation sites is 1. The van der Waals surface area contributed by atoms with Crippen molar-refractivity contribution in [2.75, 3.05) is 57.3 Å². The normalized spacial score (nSPS) is 24.2. The number of hydrogen-bond acceptors (Lipinski definition) is 7. The highest BCUT2D eigenvalue weighted by Crippen LogP contribution is 2.48. The van der Waals surface area contributed by atoms with Gasteiger partial charge in [0.15, 0.2) is 0 Å². The molecule has 5 rings (SSSR count). The molecule has 0 aliphatic carbocycles. The average Bonchev–Trinajstić information content (AvgIpc) is 3.47. The van der Waals surface area contributed by atoms with E-state index < -0.39 is 5.25 Å². The molecule has 1 unspecified atom stereocenters. The largest absolute Gasteiger partial charge is 0.366 e. The van der Waals surface area contributed by atoms with E-state index in [1.807, 2.05) is 11.0 Å². The lowest BCUT2D eigenvalue weighted by atomic mass is 9.92. The van der Waals surface area contributed by atoms with E-state index in [0.717, 1.165) is 25.1 Å². The first-order valence-electron chi connectivity index (χ1n) is 16.2. The molecule has 4 fully saturated rings. The smallest absolute Gasteiger partial charge is 0.324 e. The maximum Gasteiger partial charge on any atom is 0.324 e. The number of urea groups is 1. The molecule has 4 heterocycles. The number of carbonyl (C=O) groups excluding carboxylic acids is 4. The van der Waals surface area contributed by atoms with E-state index in [1.165, 1.54) is 17.8 Å². The van der Waals surface area contributed by atoms with E-state index in [0.29, 0.717) is 51.3 Å². The van der Waals surface area contributed by atoms with Gasteiger partial charge in [0.25, 0.3) is 0 Å². The van der Waals surface area contributed by atoms with Gasteiger partial charge in [-0.1, -0.05) is 32.9 Å². The third-order valence-corrected chi connectivity index (χ3v) is 11.0. The van der Waals surface area contributed by atoms with Crippen LogP contribution in [-0.2, 0) is 14.4 Å².